The highest BCUT2D eigenvalue weighted by Gasteiger charge is 2.17. The van der Waals surface area contributed by atoms with Crippen LogP contribution in [0.1, 0.15) is 0 Å². The number of aryl methyl sites for hydroxylation is 1. The Hall–Kier alpha value is -3.84. The summed E-state index contributed by atoms with van der Waals surface area (Å²) in [5, 5.41) is 4.31. The maximum atomic E-state index is 13.0. The van der Waals surface area contributed by atoms with Crippen molar-refractivity contribution in [3.63, 3.8) is 0 Å². The van der Waals surface area contributed by atoms with Crippen LogP contribution in [0.3, 0.4) is 0 Å². The molecule has 174 valence electrons. The van der Waals surface area contributed by atoms with Crippen LogP contribution in [-0.4, -0.2) is 40.8 Å². The van der Waals surface area contributed by atoms with Crippen molar-refractivity contribution in [2.24, 2.45) is 14.1 Å². The topological polar surface area (TPSA) is 123 Å². The van der Waals surface area contributed by atoms with Crippen molar-refractivity contribution >= 4 is 50.0 Å². The molecular weight excluding hydrogens is 480 g/mol. The molecule has 5 rings (SSSR count). The number of fused-ring (bicyclic) bond motifs is 2. The molecule has 0 saturated heterocycles. The van der Waals surface area contributed by atoms with Crippen LogP contribution in [0, 0.1) is 0 Å². The average molecular weight is 499 g/mol. The predicted molar refractivity (Wildman–Crippen MR) is 128 cm³/mol. The summed E-state index contributed by atoms with van der Waals surface area (Å²) in [6.07, 6.45) is 2.76. The molecule has 0 radical (unpaired) electrons. The second-order valence-electron chi connectivity index (χ2n) is 7.52. The van der Waals surface area contributed by atoms with Crippen molar-refractivity contribution in [1.29, 1.82) is 0 Å². The fourth-order valence-electron chi connectivity index (χ4n) is 3.70. The highest BCUT2D eigenvalue weighted by Crippen LogP contribution is 2.33. The quantitative estimate of drug-likeness (QED) is 0.322. The van der Waals surface area contributed by atoms with Crippen molar-refractivity contribution in [2.45, 2.75) is 13.1 Å². The lowest BCUT2D eigenvalue weighted by Gasteiger charge is -2.09. The molecule has 0 atom stereocenters. The third-order valence-corrected chi connectivity index (χ3v) is 7.25. The number of carbonyl (C=O) groups excluding carboxylic acids is 1. The van der Waals surface area contributed by atoms with E-state index in [1.807, 2.05) is 22.9 Å². The van der Waals surface area contributed by atoms with E-state index in [2.05, 4.69) is 9.97 Å². The Labute approximate surface area is 198 Å². The zero-order valence-electron chi connectivity index (χ0n) is 18.1. The van der Waals surface area contributed by atoms with E-state index in [-0.39, 0.29) is 36.4 Å². The van der Waals surface area contributed by atoms with Crippen LogP contribution in [0.25, 0.3) is 31.8 Å². The molecule has 5 aromatic heterocycles. The number of thiophene rings is 2. The monoisotopic (exact) mass is 498 g/mol. The average Bonchev–Trinajstić information content (AvgIpc) is 3.57. The molecule has 0 aromatic carbocycles. The van der Waals surface area contributed by atoms with Gasteiger partial charge in [-0.05, 0) is 11.4 Å². The molecule has 0 unspecified atom stereocenters. The Balaban J connectivity index is 1.32. The van der Waals surface area contributed by atoms with E-state index in [0.717, 1.165) is 15.0 Å². The molecule has 0 aliphatic heterocycles. The lowest BCUT2D eigenvalue weighted by molar-refractivity contribution is -0.144. The second-order valence-corrected chi connectivity index (χ2v) is 9.33. The van der Waals surface area contributed by atoms with Crippen molar-refractivity contribution in [3.05, 3.63) is 66.7 Å². The van der Waals surface area contributed by atoms with Gasteiger partial charge in [-0.25, -0.2) is 14.8 Å². The van der Waals surface area contributed by atoms with Gasteiger partial charge in [0, 0.05) is 29.9 Å². The SMILES string of the molecule is Cn1c(=O)c2c(ncn2CCOC(=O)Cn2cnc3scc(-c4cccs4)c3c2=O)n(C)c1=O. The van der Waals surface area contributed by atoms with E-state index in [0.29, 0.717) is 10.2 Å². The van der Waals surface area contributed by atoms with Gasteiger partial charge in [0.05, 0.1) is 24.6 Å². The molecule has 0 amide bonds. The zero-order valence-corrected chi connectivity index (χ0v) is 19.8. The molecule has 0 spiro atoms. The molecule has 34 heavy (non-hydrogen) atoms. The first-order valence-electron chi connectivity index (χ1n) is 10.1. The lowest BCUT2D eigenvalue weighted by Crippen LogP contribution is -2.37. The van der Waals surface area contributed by atoms with Gasteiger partial charge in [0.25, 0.3) is 11.1 Å². The Bertz CT molecular complexity index is 1720. The number of aromatic nitrogens is 6. The van der Waals surface area contributed by atoms with Crippen LogP contribution >= 0.6 is 22.7 Å². The summed E-state index contributed by atoms with van der Waals surface area (Å²) < 4.78 is 10.3. The van der Waals surface area contributed by atoms with E-state index in [9.17, 15) is 19.2 Å². The minimum Gasteiger partial charge on any atom is -0.462 e. The van der Waals surface area contributed by atoms with E-state index < -0.39 is 17.2 Å². The first kappa shape index (κ1) is 22.0. The van der Waals surface area contributed by atoms with Gasteiger partial charge in [0.15, 0.2) is 11.2 Å². The van der Waals surface area contributed by atoms with Gasteiger partial charge in [-0.2, -0.15) is 0 Å². The standard InChI is InChI=1S/C21H18N6O5S2/c1-24-17-16(20(30)25(2)21(24)31)26(10-22-17)5-6-32-14(28)8-27-11-23-18-15(19(27)29)12(9-34-18)13-4-3-7-33-13/h3-4,7,9-11H,5-6,8H2,1-2H3. The number of esters is 1. The van der Waals surface area contributed by atoms with E-state index in [1.54, 1.807) is 0 Å². The number of carbonyl (C=O) groups is 1. The van der Waals surface area contributed by atoms with Crippen molar-refractivity contribution in [2.75, 3.05) is 6.61 Å². The number of rotatable bonds is 6. The van der Waals surface area contributed by atoms with Crippen LogP contribution in [-0.2, 0) is 36.7 Å². The summed E-state index contributed by atoms with van der Waals surface area (Å²) in [4.78, 5) is 60.0. The van der Waals surface area contributed by atoms with Crippen LogP contribution in [0.4, 0.5) is 0 Å². The van der Waals surface area contributed by atoms with E-state index >= 15 is 0 Å². The Morgan fingerprint density at radius 2 is 1.82 bits per heavy atom. The number of ether oxygens (including phenoxy) is 1. The molecule has 0 bridgehead atoms. The van der Waals surface area contributed by atoms with Crippen LogP contribution in [0.15, 0.2) is 49.9 Å². The highest BCUT2D eigenvalue weighted by molar-refractivity contribution is 7.18. The summed E-state index contributed by atoms with van der Waals surface area (Å²) in [6, 6.07) is 3.84. The molecule has 5 heterocycles. The number of hydrogen-bond donors (Lipinski definition) is 0. The van der Waals surface area contributed by atoms with Crippen molar-refractivity contribution in [1.82, 2.24) is 28.2 Å². The second kappa shape index (κ2) is 8.50. The summed E-state index contributed by atoms with van der Waals surface area (Å²) in [5.41, 5.74) is 0.0331. The number of imidazole rings is 1. The fourth-order valence-corrected chi connectivity index (χ4v) is 5.42. The van der Waals surface area contributed by atoms with Crippen molar-refractivity contribution in [3.8, 4) is 10.4 Å². The largest absolute Gasteiger partial charge is 0.462 e. The number of nitrogens with zero attached hydrogens (tertiary/aromatic N) is 6. The van der Waals surface area contributed by atoms with E-state index in [4.69, 9.17) is 4.74 Å². The first-order chi connectivity index (χ1) is 16.4. The normalized spacial score (nSPS) is 11.5. The maximum absolute atomic E-state index is 13.0. The molecule has 0 aliphatic rings. The summed E-state index contributed by atoms with van der Waals surface area (Å²) in [5.74, 6) is -0.610. The number of hydrogen-bond acceptors (Lipinski definition) is 9. The summed E-state index contributed by atoms with van der Waals surface area (Å²) in [7, 11) is 2.92. The predicted octanol–water partition coefficient (Wildman–Crippen LogP) is 1.18. The fraction of sp³-hybridized carbons (Fsp3) is 0.238. The zero-order chi connectivity index (χ0) is 24.0. The van der Waals surface area contributed by atoms with Gasteiger partial charge in [-0.3, -0.25) is 28.1 Å². The molecule has 13 heteroatoms. The third kappa shape index (κ3) is 3.58. The van der Waals surface area contributed by atoms with Gasteiger partial charge in [0.2, 0.25) is 0 Å². The van der Waals surface area contributed by atoms with Crippen LogP contribution in [0.5, 0.6) is 0 Å². The first-order valence-corrected chi connectivity index (χ1v) is 11.9. The van der Waals surface area contributed by atoms with Gasteiger partial charge < -0.3 is 9.30 Å². The lowest BCUT2D eigenvalue weighted by atomic mass is 10.2. The maximum Gasteiger partial charge on any atom is 0.332 e. The molecule has 0 N–H and O–H groups in total. The summed E-state index contributed by atoms with van der Waals surface area (Å²) in [6.45, 7) is -0.170. The Morgan fingerprint density at radius 3 is 2.59 bits per heavy atom. The highest BCUT2D eigenvalue weighted by atomic mass is 32.1. The smallest absolute Gasteiger partial charge is 0.332 e. The minimum absolute atomic E-state index is 0.0421. The van der Waals surface area contributed by atoms with Crippen molar-refractivity contribution < 1.29 is 9.53 Å². The minimum atomic E-state index is -0.610. The molecular formula is C21H18N6O5S2. The molecule has 0 aliphatic carbocycles. The van der Waals surface area contributed by atoms with E-state index in [1.165, 1.54) is 63.1 Å². The Kier molecular flexibility index (Phi) is 5.49. The van der Waals surface area contributed by atoms with Gasteiger partial charge in [-0.15, -0.1) is 22.7 Å². The summed E-state index contributed by atoms with van der Waals surface area (Å²) >= 11 is 2.91. The molecule has 0 fully saturated rings. The van der Waals surface area contributed by atoms with Crippen LogP contribution < -0.4 is 16.8 Å². The van der Waals surface area contributed by atoms with Gasteiger partial charge in [0.1, 0.15) is 18.0 Å². The molecule has 5 aromatic rings. The Morgan fingerprint density at radius 1 is 1.03 bits per heavy atom. The third-order valence-electron chi connectivity index (χ3n) is 5.46. The molecule has 0 saturated carbocycles. The van der Waals surface area contributed by atoms with Gasteiger partial charge >= 0.3 is 11.7 Å². The van der Waals surface area contributed by atoms with Gasteiger partial charge in [-0.1, -0.05) is 6.07 Å². The molecule has 11 nitrogen and oxygen atoms in total. The van der Waals surface area contributed by atoms with Crippen LogP contribution in [0.2, 0.25) is 0 Å².